The number of nitrogens with two attached hydrogens (primary N) is 1. The lowest BCUT2D eigenvalue weighted by molar-refractivity contribution is -0.0671. The van der Waals surface area contributed by atoms with Crippen LogP contribution in [0.2, 0.25) is 0 Å². The monoisotopic (exact) mass is 333 g/mol. The Balaban J connectivity index is 1.70. The molecule has 1 nitrogen and oxygen atoms in total. The summed E-state index contributed by atoms with van der Waals surface area (Å²) in [5.74, 6) is 3.57. The molecule has 5 rings (SSSR count). The first kappa shape index (κ1) is 13.3. The van der Waals surface area contributed by atoms with Crippen LogP contribution in [0.25, 0.3) is 0 Å². The van der Waals surface area contributed by atoms with Crippen molar-refractivity contribution in [2.75, 3.05) is 6.54 Å². The van der Waals surface area contributed by atoms with E-state index in [0.717, 1.165) is 24.3 Å². The summed E-state index contributed by atoms with van der Waals surface area (Å²) in [5.41, 5.74) is 8.24. The topological polar surface area (TPSA) is 26.0 Å². The standard InChI is InChI=1S/C18H24BrN/c19-16-3-1-2-15(7-16)17(11-20)18-8-12-4-13(9-18)6-14(5-12)10-18/h1-3,7,12-14,17H,4-6,8-11,20H2. The van der Waals surface area contributed by atoms with Gasteiger partial charge in [0.1, 0.15) is 0 Å². The molecule has 4 aliphatic carbocycles. The quantitative estimate of drug-likeness (QED) is 0.851. The van der Waals surface area contributed by atoms with E-state index in [9.17, 15) is 0 Å². The molecule has 20 heavy (non-hydrogen) atoms. The highest BCUT2D eigenvalue weighted by Crippen LogP contribution is 2.64. The second kappa shape index (κ2) is 4.84. The van der Waals surface area contributed by atoms with Gasteiger partial charge >= 0.3 is 0 Å². The van der Waals surface area contributed by atoms with Crippen molar-refractivity contribution in [2.45, 2.75) is 44.4 Å². The fourth-order valence-electron chi connectivity index (χ4n) is 6.07. The third-order valence-electron chi connectivity index (χ3n) is 6.31. The Labute approximate surface area is 130 Å². The smallest absolute Gasteiger partial charge is 0.0178 e. The van der Waals surface area contributed by atoms with Gasteiger partial charge in [0.05, 0.1) is 0 Å². The molecule has 0 radical (unpaired) electrons. The van der Waals surface area contributed by atoms with Crippen LogP contribution >= 0.6 is 15.9 Å². The average Bonchev–Trinajstić information content (AvgIpc) is 2.37. The molecule has 2 heteroatoms. The minimum absolute atomic E-state index is 0.518. The van der Waals surface area contributed by atoms with E-state index >= 15 is 0 Å². The van der Waals surface area contributed by atoms with Crippen LogP contribution in [0.15, 0.2) is 28.7 Å². The van der Waals surface area contributed by atoms with Gasteiger partial charge in [-0.2, -0.15) is 0 Å². The summed E-state index contributed by atoms with van der Waals surface area (Å²) >= 11 is 3.63. The fraction of sp³-hybridized carbons (Fsp3) is 0.667. The van der Waals surface area contributed by atoms with Crippen molar-refractivity contribution in [3.05, 3.63) is 34.3 Å². The van der Waals surface area contributed by atoms with Crippen LogP contribution in [0.5, 0.6) is 0 Å². The van der Waals surface area contributed by atoms with Gasteiger partial charge < -0.3 is 5.73 Å². The summed E-state index contributed by atoms with van der Waals surface area (Å²) in [6, 6.07) is 8.89. The molecule has 4 bridgehead atoms. The Morgan fingerprint density at radius 2 is 1.70 bits per heavy atom. The molecule has 108 valence electrons. The van der Waals surface area contributed by atoms with E-state index in [1.165, 1.54) is 48.6 Å². The zero-order valence-corrected chi connectivity index (χ0v) is 13.6. The van der Waals surface area contributed by atoms with E-state index in [4.69, 9.17) is 5.73 Å². The van der Waals surface area contributed by atoms with Crippen LogP contribution in [-0.4, -0.2) is 6.54 Å². The van der Waals surface area contributed by atoms with Crippen molar-refractivity contribution in [3.63, 3.8) is 0 Å². The lowest BCUT2D eigenvalue weighted by Crippen LogP contribution is -2.50. The third kappa shape index (κ3) is 2.07. The van der Waals surface area contributed by atoms with Crippen LogP contribution in [0.1, 0.15) is 50.0 Å². The van der Waals surface area contributed by atoms with E-state index in [0.29, 0.717) is 11.3 Å². The molecule has 1 unspecified atom stereocenters. The molecule has 1 atom stereocenters. The Morgan fingerprint density at radius 1 is 1.10 bits per heavy atom. The van der Waals surface area contributed by atoms with Crippen molar-refractivity contribution in [1.29, 1.82) is 0 Å². The van der Waals surface area contributed by atoms with Gasteiger partial charge in [0.25, 0.3) is 0 Å². The molecule has 0 amide bonds. The Hall–Kier alpha value is -0.340. The second-order valence-electron chi connectivity index (χ2n) is 7.62. The maximum atomic E-state index is 6.26. The van der Waals surface area contributed by atoms with Gasteiger partial charge in [-0.05, 0) is 85.9 Å². The highest BCUT2D eigenvalue weighted by Gasteiger charge is 2.53. The predicted molar refractivity (Wildman–Crippen MR) is 86.5 cm³/mol. The van der Waals surface area contributed by atoms with Crippen molar-refractivity contribution < 1.29 is 0 Å². The maximum Gasteiger partial charge on any atom is 0.0178 e. The molecule has 4 aliphatic rings. The van der Waals surface area contributed by atoms with Crippen molar-refractivity contribution in [1.82, 2.24) is 0 Å². The fourth-order valence-corrected chi connectivity index (χ4v) is 6.48. The van der Waals surface area contributed by atoms with Gasteiger partial charge in [0.15, 0.2) is 0 Å². The molecular weight excluding hydrogens is 310 g/mol. The van der Waals surface area contributed by atoms with E-state index < -0.39 is 0 Å². The molecule has 0 saturated heterocycles. The zero-order chi connectivity index (χ0) is 13.7. The van der Waals surface area contributed by atoms with Gasteiger partial charge in [-0.25, -0.2) is 0 Å². The first-order valence-electron chi connectivity index (χ1n) is 8.14. The molecular formula is C18H24BrN. The van der Waals surface area contributed by atoms with Crippen LogP contribution in [-0.2, 0) is 0 Å². The Kier molecular flexibility index (Phi) is 3.23. The Bertz CT molecular complexity index is 475. The SMILES string of the molecule is NCC(c1cccc(Br)c1)C12CC3CC(CC(C3)C1)C2. The van der Waals surface area contributed by atoms with Gasteiger partial charge in [0.2, 0.25) is 0 Å². The summed E-state index contributed by atoms with van der Waals surface area (Å²) in [6.07, 6.45) is 8.84. The van der Waals surface area contributed by atoms with E-state index in [1.54, 1.807) is 0 Å². The molecule has 0 heterocycles. The van der Waals surface area contributed by atoms with Gasteiger partial charge in [-0.3, -0.25) is 0 Å². The molecule has 4 saturated carbocycles. The highest BCUT2D eigenvalue weighted by molar-refractivity contribution is 9.10. The largest absolute Gasteiger partial charge is 0.330 e. The average molecular weight is 334 g/mol. The molecule has 2 N–H and O–H groups in total. The minimum atomic E-state index is 0.518. The van der Waals surface area contributed by atoms with Gasteiger partial charge in [0, 0.05) is 10.4 Å². The van der Waals surface area contributed by atoms with E-state index in [-0.39, 0.29) is 0 Å². The molecule has 1 aromatic rings. The molecule has 0 aliphatic heterocycles. The molecule has 4 fully saturated rings. The number of halogens is 1. The minimum Gasteiger partial charge on any atom is -0.330 e. The number of rotatable bonds is 3. The summed E-state index contributed by atoms with van der Waals surface area (Å²) in [5, 5.41) is 0. The summed E-state index contributed by atoms with van der Waals surface area (Å²) in [4.78, 5) is 0. The van der Waals surface area contributed by atoms with Crippen LogP contribution < -0.4 is 5.73 Å². The highest BCUT2D eigenvalue weighted by atomic mass is 79.9. The summed E-state index contributed by atoms with van der Waals surface area (Å²) in [7, 11) is 0. The summed E-state index contributed by atoms with van der Waals surface area (Å²) < 4.78 is 1.19. The summed E-state index contributed by atoms with van der Waals surface area (Å²) in [6.45, 7) is 0.808. The van der Waals surface area contributed by atoms with Crippen LogP contribution in [0.4, 0.5) is 0 Å². The first-order chi connectivity index (χ1) is 9.68. The molecule has 0 aromatic heterocycles. The van der Waals surface area contributed by atoms with Crippen molar-refractivity contribution in [2.24, 2.45) is 28.9 Å². The van der Waals surface area contributed by atoms with E-state index in [2.05, 4.69) is 40.2 Å². The molecule has 1 aromatic carbocycles. The number of hydrogen-bond donors (Lipinski definition) is 1. The van der Waals surface area contributed by atoms with Gasteiger partial charge in [-0.1, -0.05) is 28.1 Å². The van der Waals surface area contributed by atoms with E-state index in [1.807, 2.05) is 0 Å². The number of benzene rings is 1. The van der Waals surface area contributed by atoms with Crippen molar-refractivity contribution in [3.8, 4) is 0 Å². The Morgan fingerprint density at radius 3 is 2.20 bits per heavy atom. The van der Waals surface area contributed by atoms with Crippen LogP contribution in [0, 0.1) is 23.2 Å². The predicted octanol–water partition coefficient (Wildman–Crippen LogP) is 4.71. The third-order valence-corrected chi connectivity index (χ3v) is 6.80. The lowest BCUT2D eigenvalue weighted by Gasteiger charge is -2.59. The van der Waals surface area contributed by atoms with Crippen molar-refractivity contribution >= 4 is 15.9 Å². The van der Waals surface area contributed by atoms with Crippen LogP contribution in [0.3, 0.4) is 0 Å². The first-order valence-corrected chi connectivity index (χ1v) is 8.93. The lowest BCUT2D eigenvalue weighted by atomic mass is 9.46. The zero-order valence-electron chi connectivity index (χ0n) is 12.0. The van der Waals surface area contributed by atoms with Gasteiger partial charge in [-0.15, -0.1) is 0 Å². The second-order valence-corrected chi connectivity index (χ2v) is 8.54. The maximum absolute atomic E-state index is 6.26. The molecule has 0 spiro atoms. The number of hydrogen-bond acceptors (Lipinski definition) is 1. The normalized spacial score (nSPS) is 40.0.